The Balaban J connectivity index is 1.78. The summed E-state index contributed by atoms with van der Waals surface area (Å²) in [5.41, 5.74) is 4.60. The molecule has 9 heteroatoms. The molecule has 0 aliphatic carbocycles. The molecule has 0 saturated carbocycles. The lowest BCUT2D eigenvalue weighted by molar-refractivity contribution is 0.0671. The van der Waals surface area contributed by atoms with Gasteiger partial charge in [0, 0.05) is 12.0 Å². The topological polar surface area (TPSA) is 116 Å². The third-order valence-corrected chi connectivity index (χ3v) is 5.35. The lowest BCUT2D eigenvalue weighted by atomic mass is 9.97. The third-order valence-electron chi connectivity index (χ3n) is 5.35. The molecule has 1 saturated heterocycles. The van der Waals surface area contributed by atoms with Crippen LogP contribution >= 0.6 is 0 Å². The molecule has 1 N–H and O–H groups in total. The van der Waals surface area contributed by atoms with Crippen molar-refractivity contribution in [3.05, 3.63) is 53.5 Å². The maximum absolute atomic E-state index is 13.3. The zero-order valence-corrected chi connectivity index (χ0v) is 16.6. The first-order valence-corrected chi connectivity index (χ1v) is 9.42. The number of fused-ring (bicyclic) bond motifs is 1. The molecular weight excluding hydrogens is 384 g/mol. The number of likely N-dealkylation sites (tertiary alicyclic amines) is 1. The van der Waals surface area contributed by atoms with Crippen molar-refractivity contribution in [3.63, 3.8) is 0 Å². The molecule has 1 aliphatic heterocycles. The molecule has 1 aromatic carbocycles. The Morgan fingerprint density at radius 2 is 2.20 bits per heavy atom. The predicted octanol–water partition coefficient (Wildman–Crippen LogP) is 1.79. The van der Waals surface area contributed by atoms with Crippen molar-refractivity contribution in [2.45, 2.75) is 19.4 Å². The summed E-state index contributed by atoms with van der Waals surface area (Å²) in [5, 5.41) is 27.2. The van der Waals surface area contributed by atoms with Gasteiger partial charge in [-0.25, -0.2) is 9.50 Å². The molecule has 2 aromatic heterocycles. The summed E-state index contributed by atoms with van der Waals surface area (Å²) in [6, 6.07) is 10.8. The molecule has 1 aliphatic rings. The fraction of sp³-hybridized carbons (Fsp3) is 0.286. The summed E-state index contributed by atoms with van der Waals surface area (Å²) in [6.45, 7) is 1.99. The van der Waals surface area contributed by atoms with E-state index in [1.54, 1.807) is 17.0 Å². The molecule has 0 radical (unpaired) electrons. The predicted molar refractivity (Wildman–Crippen MR) is 109 cm³/mol. The van der Waals surface area contributed by atoms with Gasteiger partial charge in [0.2, 0.25) is 0 Å². The molecular formula is C21H20N6O3. The molecule has 152 valence electrons. The van der Waals surface area contributed by atoms with E-state index in [1.165, 1.54) is 18.0 Å². The van der Waals surface area contributed by atoms with Gasteiger partial charge in [0.15, 0.2) is 5.65 Å². The number of hydrogen-bond donors (Lipinski definition) is 1. The number of rotatable bonds is 4. The number of aliphatic hydroxyl groups is 1. The summed E-state index contributed by atoms with van der Waals surface area (Å²) in [7, 11) is 1.45. The number of carbonyl (C=O) groups is 1. The highest BCUT2D eigenvalue weighted by molar-refractivity contribution is 6.00. The minimum absolute atomic E-state index is 0.173. The van der Waals surface area contributed by atoms with Gasteiger partial charge in [-0.2, -0.15) is 10.4 Å². The standard InChI is InChI=1S/C21H20N6O3/c1-13-14(9-22)4-3-5-17(13)18-6-7-19(27-20(18)23-12-24-27)21(29)26-10-15(25-30-2)8-16(26)11-28/h3-7,12,16,28H,8,10-11H2,1-2H3/b25-15+. The van der Waals surface area contributed by atoms with Crippen molar-refractivity contribution in [3.8, 4) is 17.2 Å². The van der Waals surface area contributed by atoms with Crippen LogP contribution in [0.1, 0.15) is 28.0 Å². The van der Waals surface area contributed by atoms with E-state index in [-0.39, 0.29) is 25.1 Å². The zero-order valence-electron chi connectivity index (χ0n) is 16.6. The number of nitrogens with zero attached hydrogens (tertiary/aromatic N) is 6. The van der Waals surface area contributed by atoms with E-state index in [9.17, 15) is 15.2 Å². The van der Waals surface area contributed by atoms with E-state index in [0.29, 0.717) is 29.0 Å². The average molecular weight is 404 g/mol. The lowest BCUT2D eigenvalue weighted by Gasteiger charge is -2.22. The van der Waals surface area contributed by atoms with E-state index in [1.807, 2.05) is 25.1 Å². The third kappa shape index (κ3) is 3.17. The van der Waals surface area contributed by atoms with Gasteiger partial charge in [-0.1, -0.05) is 17.3 Å². The summed E-state index contributed by atoms with van der Waals surface area (Å²) in [6.07, 6.45) is 1.85. The van der Waals surface area contributed by atoms with Gasteiger partial charge in [0.1, 0.15) is 19.1 Å². The first-order chi connectivity index (χ1) is 14.6. The van der Waals surface area contributed by atoms with Crippen molar-refractivity contribution in [2.75, 3.05) is 20.3 Å². The molecule has 3 aromatic rings. The number of hydrogen-bond acceptors (Lipinski definition) is 7. The maximum atomic E-state index is 13.3. The van der Waals surface area contributed by atoms with Crippen LogP contribution in [0.4, 0.5) is 0 Å². The monoisotopic (exact) mass is 404 g/mol. The van der Waals surface area contributed by atoms with Gasteiger partial charge >= 0.3 is 0 Å². The van der Waals surface area contributed by atoms with Crippen molar-refractivity contribution < 1.29 is 14.7 Å². The second-order valence-electron chi connectivity index (χ2n) is 7.03. The van der Waals surface area contributed by atoms with Crippen LogP contribution in [0.5, 0.6) is 0 Å². The van der Waals surface area contributed by atoms with Crippen LogP contribution in [0.2, 0.25) is 0 Å². The van der Waals surface area contributed by atoms with E-state index in [2.05, 4.69) is 21.3 Å². The number of carbonyl (C=O) groups excluding carboxylic acids is 1. The van der Waals surface area contributed by atoms with Gasteiger partial charge in [0.25, 0.3) is 5.91 Å². The van der Waals surface area contributed by atoms with Crippen molar-refractivity contribution in [2.24, 2.45) is 5.16 Å². The number of pyridine rings is 1. The molecule has 30 heavy (non-hydrogen) atoms. The summed E-state index contributed by atoms with van der Waals surface area (Å²) < 4.78 is 1.50. The molecule has 9 nitrogen and oxygen atoms in total. The van der Waals surface area contributed by atoms with E-state index in [0.717, 1.165) is 16.7 Å². The van der Waals surface area contributed by atoms with Gasteiger partial charge in [-0.3, -0.25) is 4.79 Å². The Labute approximate surface area is 172 Å². The molecule has 4 rings (SSSR count). The normalized spacial score (nSPS) is 17.5. The van der Waals surface area contributed by atoms with Crippen LogP contribution in [-0.4, -0.2) is 62.5 Å². The Bertz CT molecular complexity index is 1190. The quantitative estimate of drug-likeness (QED) is 0.663. The van der Waals surface area contributed by atoms with E-state index < -0.39 is 0 Å². The second kappa shape index (κ2) is 7.93. The zero-order chi connectivity index (χ0) is 21.3. The number of aliphatic hydroxyl groups excluding tert-OH is 1. The number of aromatic nitrogens is 3. The van der Waals surface area contributed by atoms with Gasteiger partial charge in [-0.15, -0.1) is 0 Å². The highest BCUT2D eigenvalue weighted by atomic mass is 16.6. The fourth-order valence-electron chi connectivity index (χ4n) is 3.85. The van der Waals surface area contributed by atoms with Gasteiger partial charge in [0.05, 0.1) is 36.5 Å². The molecule has 3 heterocycles. The summed E-state index contributed by atoms with van der Waals surface area (Å²) in [5.74, 6) is -0.278. The average Bonchev–Trinajstić information content (AvgIpc) is 3.40. The SMILES string of the molecule is CO/N=C1\CC(CO)N(C(=O)c2ccc(-c3cccc(C#N)c3C)c3ncnn23)C1. The molecule has 0 bridgehead atoms. The van der Waals surface area contributed by atoms with Crippen LogP contribution in [0.25, 0.3) is 16.8 Å². The molecule has 1 amide bonds. The Morgan fingerprint density at radius 3 is 2.93 bits per heavy atom. The number of benzene rings is 1. The Kier molecular flexibility index (Phi) is 5.16. The number of oxime groups is 1. The highest BCUT2D eigenvalue weighted by Crippen LogP contribution is 2.29. The largest absolute Gasteiger partial charge is 0.399 e. The lowest BCUT2D eigenvalue weighted by Crippen LogP contribution is -2.38. The summed E-state index contributed by atoms with van der Waals surface area (Å²) in [4.78, 5) is 24.0. The Hall–Kier alpha value is -3.77. The maximum Gasteiger partial charge on any atom is 0.273 e. The van der Waals surface area contributed by atoms with E-state index in [4.69, 9.17) is 4.84 Å². The van der Waals surface area contributed by atoms with Crippen LogP contribution in [-0.2, 0) is 4.84 Å². The fourth-order valence-corrected chi connectivity index (χ4v) is 3.85. The molecule has 1 atom stereocenters. The second-order valence-corrected chi connectivity index (χ2v) is 7.03. The van der Waals surface area contributed by atoms with Crippen LogP contribution < -0.4 is 0 Å². The number of nitriles is 1. The van der Waals surface area contributed by atoms with Crippen molar-refractivity contribution >= 4 is 17.3 Å². The van der Waals surface area contributed by atoms with Crippen LogP contribution in [0.15, 0.2) is 41.8 Å². The van der Waals surface area contributed by atoms with Crippen LogP contribution in [0, 0.1) is 18.3 Å². The first-order valence-electron chi connectivity index (χ1n) is 9.42. The van der Waals surface area contributed by atoms with Crippen molar-refractivity contribution in [1.29, 1.82) is 5.26 Å². The minimum Gasteiger partial charge on any atom is -0.399 e. The van der Waals surface area contributed by atoms with Gasteiger partial charge in [-0.05, 0) is 36.2 Å². The number of amides is 1. The summed E-state index contributed by atoms with van der Waals surface area (Å²) >= 11 is 0. The van der Waals surface area contributed by atoms with Crippen LogP contribution in [0.3, 0.4) is 0 Å². The van der Waals surface area contributed by atoms with E-state index >= 15 is 0 Å². The molecule has 0 spiro atoms. The Morgan fingerprint density at radius 1 is 1.37 bits per heavy atom. The highest BCUT2D eigenvalue weighted by Gasteiger charge is 2.34. The minimum atomic E-state index is -0.376. The van der Waals surface area contributed by atoms with Gasteiger partial charge < -0.3 is 14.8 Å². The smallest absolute Gasteiger partial charge is 0.273 e. The first kappa shape index (κ1) is 19.5. The van der Waals surface area contributed by atoms with Crippen molar-refractivity contribution in [1.82, 2.24) is 19.5 Å². The molecule has 1 fully saturated rings. The molecule has 1 unspecified atom stereocenters.